The number of rotatable bonds is 6. The highest BCUT2D eigenvalue weighted by Gasteiger charge is 2.14. The van der Waals surface area contributed by atoms with Crippen LogP contribution in [-0.4, -0.2) is 6.10 Å². The SMILES string of the molecule is CCCCCCCC1OC=CC(C)=C1C. The Kier molecular flexibility index (Phi) is 5.52. The van der Waals surface area contributed by atoms with Gasteiger partial charge < -0.3 is 4.74 Å². The maximum Gasteiger partial charge on any atom is 0.119 e. The summed E-state index contributed by atoms with van der Waals surface area (Å²) in [5.74, 6) is 0. The van der Waals surface area contributed by atoms with Gasteiger partial charge in [-0.25, -0.2) is 0 Å². The van der Waals surface area contributed by atoms with Crippen LogP contribution in [0.4, 0.5) is 0 Å². The Morgan fingerprint density at radius 3 is 2.60 bits per heavy atom. The van der Waals surface area contributed by atoms with Crippen LogP contribution in [0.5, 0.6) is 0 Å². The molecule has 0 bridgehead atoms. The van der Waals surface area contributed by atoms with Gasteiger partial charge in [0.1, 0.15) is 6.10 Å². The van der Waals surface area contributed by atoms with Crippen LogP contribution in [0, 0.1) is 0 Å². The molecule has 1 aliphatic heterocycles. The van der Waals surface area contributed by atoms with Crippen LogP contribution in [0.1, 0.15) is 59.3 Å². The van der Waals surface area contributed by atoms with Crippen molar-refractivity contribution in [3.63, 3.8) is 0 Å². The summed E-state index contributed by atoms with van der Waals surface area (Å²) >= 11 is 0. The lowest BCUT2D eigenvalue weighted by Gasteiger charge is -2.22. The molecule has 1 heteroatoms. The van der Waals surface area contributed by atoms with E-state index in [4.69, 9.17) is 4.74 Å². The highest BCUT2D eigenvalue weighted by Crippen LogP contribution is 2.22. The summed E-state index contributed by atoms with van der Waals surface area (Å²) in [5.41, 5.74) is 2.78. The van der Waals surface area contributed by atoms with Gasteiger partial charge in [0.05, 0.1) is 6.26 Å². The van der Waals surface area contributed by atoms with E-state index in [-0.39, 0.29) is 0 Å². The molecule has 15 heavy (non-hydrogen) atoms. The lowest BCUT2D eigenvalue weighted by Crippen LogP contribution is -2.15. The second-order valence-corrected chi connectivity index (χ2v) is 4.50. The molecule has 0 aromatic rings. The maximum absolute atomic E-state index is 5.63. The Labute approximate surface area is 94.2 Å². The minimum Gasteiger partial charge on any atom is -0.494 e. The van der Waals surface area contributed by atoms with Crippen LogP contribution < -0.4 is 0 Å². The summed E-state index contributed by atoms with van der Waals surface area (Å²) in [6, 6.07) is 0. The van der Waals surface area contributed by atoms with Crippen molar-refractivity contribution < 1.29 is 4.74 Å². The monoisotopic (exact) mass is 208 g/mol. The third-order valence-electron chi connectivity index (χ3n) is 3.24. The standard InChI is InChI=1S/C14H24O/c1-4-5-6-7-8-9-14-13(3)12(2)10-11-15-14/h10-11,14H,4-9H2,1-3H3. The van der Waals surface area contributed by atoms with E-state index in [9.17, 15) is 0 Å². The third-order valence-corrected chi connectivity index (χ3v) is 3.24. The molecule has 1 unspecified atom stereocenters. The molecule has 1 heterocycles. The van der Waals surface area contributed by atoms with Crippen molar-refractivity contribution in [1.82, 2.24) is 0 Å². The average Bonchev–Trinajstić information content (AvgIpc) is 2.24. The summed E-state index contributed by atoms with van der Waals surface area (Å²) in [4.78, 5) is 0. The fraction of sp³-hybridized carbons (Fsp3) is 0.714. The van der Waals surface area contributed by atoms with E-state index >= 15 is 0 Å². The topological polar surface area (TPSA) is 9.23 Å². The van der Waals surface area contributed by atoms with Crippen molar-refractivity contribution in [2.45, 2.75) is 65.4 Å². The molecule has 0 saturated carbocycles. The first-order valence-electron chi connectivity index (χ1n) is 6.25. The Balaban J connectivity index is 2.19. The Hall–Kier alpha value is -0.720. The molecule has 1 rings (SSSR count). The Morgan fingerprint density at radius 2 is 1.87 bits per heavy atom. The molecule has 86 valence electrons. The zero-order chi connectivity index (χ0) is 11.1. The van der Waals surface area contributed by atoms with Crippen LogP contribution in [0.15, 0.2) is 23.5 Å². The Bertz CT molecular complexity index is 238. The van der Waals surface area contributed by atoms with Crippen LogP contribution in [0.3, 0.4) is 0 Å². The fourth-order valence-corrected chi connectivity index (χ4v) is 1.94. The molecule has 0 spiro atoms. The van der Waals surface area contributed by atoms with Crippen molar-refractivity contribution in [2.24, 2.45) is 0 Å². The van der Waals surface area contributed by atoms with Gasteiger partial charge in [0.2, 0.25) is 0 Å². The highest BCUT2D eigenvalue weighted by atomic mass is 16.5. The molecular formula is C14H24O. The predicted octanol–water partition coefficient (Wildman–Crippen LogP) is 4.60. The summed E-state index contributed by atoms with van der Waals surface area (Å²) in [6.07, 6.45) is 12.1. The second kappa shape index (κ2) is 6.71. The largest absolute Gasteiger partial charge is 0.494 e. The van der Waals surface area contributed by atoms with E-state index in [1.165, 1.54) is 49.7 Å². The molecule has 0 aromatic heterocycles. The number of hydrogen-bond acceptors (Lipinski definition) is 1. The van der Waals surface area contributed by atoms with Crippen molar-refractivity contribution >= 4 is 0 Å². The van der Waals surface area contributed by atoms with Gasteiger partial charge in [-0.2, -0.15) is 0 Å². The lowest BCUT2D eigenvalue weighted by molar-refractivity contribution is 0.158. The zero-order valence-corrected chi connectivity index (χ0v) is 10.4. The van der Waals surface area contributed by atoms with Gasteiger partial charge in [-0.1, -0.05) is 32.6 Å². The molecule has 0 fully saturated rings. The third kappa shape index (κ3) is 4.11. The molecule has 0 aliphatic carbocycles. The number of hydrogen-bond donors (Lipinski definition) is 0. The minimum absolute atomic E-state index is 0.344. The van der Waals surface area contributed by atoms with E-state index in [1.807, 2.05) is 6.26 Å². The van der Waals surface area contributed by atoms with E-state index in [0.717, 1.165) is 0 Å². The average molecular weight is 208 g/mol. The summed E-state index contributed by atoms with van der Waals surface area (Å²) in [7, 11) is 0. The molecular weight excluding hydrogens is 184 g/mol. The molecule has 0 radical (unpaired) electrons. The first-order valence-corrected chi connectivity index (χ1v) is 6.25. The van der Waals surface area contributed by atoms with Gasteiger partial charge in [0.25, 0.3) is 0 Å². The number of allylic oxidation sites excluding steroid dienone is 2. The second-order valence-electron chi connectivity index (χ2n) is 4.50. The van der Waals surface area contributed by atoms with Crippen molar-refractivity contribution in [3.05, 3.63) is 23.5 Å². The normalized spacial score (nSPS) is 20.6. The Morgan fingerprint density at radius 1 is 1.13 bits per heavy atom. The minimum atomic E-state index is 0.344. The van der Waals surface area contributed by atoms with Crippen molar-refractivity contribution in [2.75, 3.05) is 0 Å². The quantitative estimate of drug-likeness (QED) is 0.580. The molecule has 1 aliphatic rings. The predicted molar refractivity (Wildman–Crippen MR) is 65.8 cm³/mol. The van der Waals surface area contributed by atoms with Crippen molar-refractivity contribution in [1.29, 1.82) is 0 Å². The van der Waals surface area contributed by atoms with E-state index in [1.54, 1.807) is 0 Å². The van der Waals surface area contributed by atoms with E-state index in [2.05, 4.69) is 26.8 Å². The summed E-state index contributed by atoms with van der Waals surface area (Å²) < 4.78 is 5.63. The number of ether oxygens (including phenoxy) is 1. The van der Waals surface area contributed by atoms with Crippen LogP contribution in [0.25, 0.3) is 0 Å². The van der Waals surface area contributed by atoms with Gasteiger partial charge >= 0.3 is 0 Å². The van der Waals surface area contributed by atoms with Crippen LogP contribution >= 0.6 is 0 Å². The fourth-order valence-electron chi connectivity index (χ4n) is 1.94. The van der Waals surface area contributed by atoms with E-state index < -0.39 is 0 Å². The van der Waals surface area contributed by atoms with Gasteiger partial charge in [0, 0.05) is 0 Å². The molecule has 0 amide bonds. The first-order chi connectivity index (χ1) is 7.25. The molecule has 1 atom stereocenters. The van der Waals surface area contributed by atoms with Crippen LogP contribution in [0.2, 0.25) is 0 Å². The van der Waals surface area contributed by atoms with Gasteiger partial charge in [-0.15, -0.1) is 0 Å². The summed E-state index contributed by atoms with van der Waals surface area (Å²) in [6.45, 7) is 6.61. The highest BCUT2D eigenvalue weighted by molar-refractivity contribution is 5.27. The molecule has 0 aromatic carbocycles. The molecule has 0 saturated heterocycles. The van der Waals surface area contributed by atoms with Gasteiger partial charge in [-0.3, -0.25) is 0 Å². The maximum atomic E-state index is 5.63. The summed E-state index contributed by atoms with van der Waals surface area (Å²) in [5, 5.41) is 0. The van der Waals surface area contributed by atoms with Crippen molar-refractivity contribution in [3.8, 4) is 0 Å². The zero-order valence-electron chi connectivity index (χ0n) is 10.4. The van der Waals surface area contributed by atoms with Gasteiger partial charge in [-0.05, 0) is 43.9 Å². The first kappa shape index (κ1) is 12.4. The molecule has 0 N–H and O–H groups in total. The van der Waals surface area contributed by atoms with E-state index in [0.29, 0.717) is 6.10 Å². The molecule has 1 nitrogen and oxygen atoms in total. The smallest absolute Gasteiger partial charge is 0.119 e. The van der Waals surface area contributed by atoms with Crippen LogP contribution in [-0.2, 0) is 4.74 Å². The number of unbranched alkanes of at least 4 members (excludes halogenated alkanes) is 4. The lowest BCUT2D eigenvalue weighted by atomic mass is 9.98. The van der Waals surface area contributed by atoms with Gasteiger partial charge in [0.15, 0.2) is 0 Å².